The predicted molar refractivity (Wildman–Crippen MR) is 133 cm³/mol. The van der Waals surface area contributed by atoms with Crippen molar-refractivity contribution in [2.45, 2.75) is 112 Å². The minimum Gasteiger partial charge on any atom is -0.462 e. The zero-order valence-corrected chi connectivity index (χ0v) is 21.9. The molecule has 3 fully saturated rings. The van der Waals surface area contributed by atoms with Crippen LogP contribution in [0.2, 0.25) is 0 Å². The van der Waals surface area contributed by atoms with Crippen LogP contribution in [0.4, 0.5) is 0 Å². The zero-order valence-electron chi connectivity index (χ0n) is 21.9. The summed E-state index contributed by atoms with van der Waals surface area (Å²) in [5.74, 6) is 4.80. The number of carbonyl (C=O) groups is 1. The van der Waals surface area contributed by atoms with Gasteiger partial charge in [0.05, 0.1) is 0 Å². The van der Waals surface area contributed by atoms with Crippen LogP contribution in [0, 0.1) is 46.3 Å². The van der Waals surface area contributed by atoms with E-state index in [1.54, 1.807) is 18.1 Å². The Balaban J connectivity index is 1.49. The number of carbonyl (C=O) groups excluding carboxylic acids is 1. The number of hydrogen-bond acceptors (Lipinski definition) is 2. The van der Waals surface area contributed by atoms with E-state index in [4.69, 9.17) is 4.74 Å². The second kappa shape index (κ2) is 8.95. The maximum absolute atomic E-state index is 11.5. The third-order valence-corrected chi connectivity index (χ3v) is 10.9. The van der Waals surface area contributed by atoms with E-state index in [9.17, 15) is 4.79 Å². The van der Waals surface area contributed by atoms with Crippen LogP contribution in [0.15, 0.2) is 23.3 Å². The first-order valence-electron chi connectivity index (χ1n) is 13.6. The van der Waals surface area contributed by atoms with E-state index >= 15 is 0 Å². The van der Waals surface area contributed by atoms with Crippen LogP contribution in [-0.4, -0.2) is 12.1 Å². The van der Waals surface area contributed by atoms with Crippen molar-refractivity contribution in [2.75, 3.05) is 0 Å². The molecule has 0 N–H and O–H groups in total. The number of hydrogen-bond donors (Lipinski definition) is 0. The van der Waals surface area contributed by atoms with E-state index in [-0.39, 0.29) is 12.1 Å². The normalized spacial score (nSPS) is 42.6. The Morgan fingerprint density at radius 2 is 1.84 bits per heavy atom. The fourth-order valence-corrected chi connectivity index (χ4v) is 8.71. The molecule has 0 aromatic rings. The van der Waals surface area contributed by atoms with Gasteiger partial charge in [-0.2, -0.15) is 0 Å². The lowest BCUT2D eigenvalue weighted by Crippen LogP contribution is -2.51. The van der Waals surface area contributed by atoms with Crippen molar-refractivity contribution in [3.63, 3.8) is 0 Å². The summed E-state index contributed by atoms with van der Waals surface area (Å²) in [6, 6.07) is 0. The number of esters is 1. The quantitative estimate of drug-likeness (QED) is 0.318. The maximum Gasteiger partial charge on any atom is 0.302 e. The van der Waals surface area contributed by atoms with Gasteiger partial charge in [-0.05, 0) is 105 Å². The van der Waals surface area contributed by atoms with Crippen LogP contribution >= 0.6 is 0 Å². The smallest absolute Gasteiger partial charge is 0.302 e. The molecule has 4 aliphatic carbocycles. The molecule has 4 rings (SSSR count). The minimum absolute atomic E-state index is 0.108. The van der Waals surface area contributed by atoms with Crippen LogP contribution in [-0.2, 0) is 9.53 Å². The average molecular weight is 441 g/mol. The topological polar surface area (TPSA) is 26.3 Å². The van der Waals surface area contributed by atoms with Crippen LogP contribution in [0.1, 0.15) is 106 Å². The summed E-state index contributed by atoms with van der Waals surface area (Å²) < 4.78 is 5.62. The predicted octanol–water partition coefficient (Wildman–Crippen LogP) is 8.13. The van der Waals surface area contributed by atoms with Gasteiger partial charge in [0, 0.05) is 13.3 Å². The first kappa shape index (κ1) is 24.1. The fourth-order valence-electron chi connectivity index (χ4n) is 8.71. The molecule has 0 radical (unpaired) electrons. The molecule has 0 aromatic carbocycles. The lowest BCUT2D eigenvalue weighted by Gasteiger charge is -2.58. The van der Waals surface area contributed by atoms with E-state index in [1.165, 1.54) is 44.9 Å². The molecule has 0 amide bonds. The highest BCUT2D eigenvalue weighted by Gasteiger charge is 2.59. The molecule has 0 aromatic heterocycles. The molecule has 0 aliphatic heterocycles. The maximum atomic E-state index is 11.5. The molecule has 8 atom stereocenters. The molecule has 0 saturated heterocycles. The molecule has 3 saturated carbocycles. The Kier molecular flexibility index (Phi) is 6.74. The molecular formula is C30H48O2. The van der Waals surface area contributed by atoms with Crippen molar-refractivity contribution in [3.05, 3.63) is 23.3 Å². The van der Waals surface area contributed by atoms with Crippen LogP contribution in [0.3, 0.4) is 0 Å². The van der Waals surface area contributed by atoms with Gasteiger partial charge in [0.1, 0.15) is 6.10 Å². The molecule has 0 unspecified atom stereocenters. The van der Waals surface area contributed by atoms with E-state index in [2.05, 4.69) is 53.7 Å². The van der Waals surface area contributed by atoms with E-state index in [0.29, 0.717) is 16.7 Å². The summed E-state index contributed by atoms with van der Waals surface area (Å²) in [7, 11) is 0. The Bertz CT molecular complexity index is 776. The molecule has 0 spiro atoms. The summed E-state index contributed by atoms with van der Waals surface area (Å²) >= 11 is 0. The summed E-state index contributed by atoms with van der Waals surface area (Å²) in [5, 5.41) is 0. The zero-order chi connectivity index (χ0) is 23.3. The molecule has 2 nitrogen and oxygen atoms in total. The van der Waals surface area contributed by atoms with Gasteiger partial charge in [-0.15, -0.1) is 0 Å². The molecule has 0 heterocycles. The van der Waals surface area contributed by atoms with Crippen LogP contribution < -0.4 is 0 Å². The summed E-state index contributed by atoms with van der Waals surface area (Å²) in [4.78, 5) is 11.5. The monoisotopic (exact) mass is 440 g/mol. The molecule has 4 aliphatic rings. The number of fused-ring (bicyclic) bond motifs is 5. The van der Waals surface area contributed by atoms with E-state index in [1.807, 2.05) is 0 Å². The van der Waals surface area contributed by atoms with Gasteiger partial charge in [-0.3, -0.25) is 4.79 Å². The van der Waals surface area contributed by atoms with E-state index in [0.717, 1.165) is 42.4 Å². The number of rotatable bonds is 5. The lowest BCUT2D eigenvalue weighted by atomic mass is 9.47. The highest BCUT2D eigenvalue weighted by atomic mass is 16.5. The Hall–Kier alpha value is -1.05. The summed E-state index contributed by atoms with van der Waals surface area (Å²) in [6.45, 7) is 16.2. The second-order valence-corrected chi connectivity index (χ2v) is 12.8. The summed E-state index contributed by atoms with van der Waals surface area (Å²) in [5.41, 5.74) is 4.03. The van der Waals surface area contributed by atoms with Crippen LogP contribution in [0.25, 0.3) is 0 Å². The standard InChI is InChI=1S/C30H48O2/c1-19(2)20(3)8-9-21(4)26-12-13-27-25-11-10-23-18-24(32-22(5)31)14-16-29(23,6)28(25)15-17-30(26,27)7/h8,10,19,21,24-28H,9,11-18H2,1-7H3/t21-,24+,25+,26-,27+,28+,29+,30-/m1/s1. The van der Waals surface area contributed by atoms with Gasteiger partial charge in [0.2, 0.25) is 0 Å². The van der Waals surface area contributed by atoms with Crippen molar-refractivity contribution < 1.29 is 9.53 Å². The Morgan fingerprint density at radius 1 is 1.09 bits per heavy atom. The SMILES string of the molecule is CC(=O)O[C@H]1CC[C@@]2(C)C(=CC[C@H]3[C@@H]4CC[C@H]([C@H](C)CC=C(C)C(C)C)[C@@]4(C)CC[C@@H]32)C1. The van der Waals surface area contributed by atoms with E-state index < -0.39 is 0 Å². The molecular weight excluding hydrogens is 392 g/mol. The second-order valence-electron chi connectivity index (χ2n) is 12.8. The molecule has 0 bridgehead atoms. The minimum atomic E-state index is -0.120. The summed E-state index contributed by atoms with van der Waals surface area (Å²) in [6.07, 6.45) is 16.6. The first-order chi connectivity index (χ1) is 15.1. The fraction of sp³-hybridized carbons (Fsp3) is 0.833. The third kappa shape index (κ3) is 4.14. The van der Waals surface area contributed by atoms with Crippen molar-refractivity contribution in [3.8, 4) is 0 Å². The molecule has 180 valence electrons. The van der Waals surface area contributed by atoms with Gasteiger partial charge in [0.25, 0.3) is 0 Å². The Morgan fingerprint density at radius 3 is 2.53 bits per heavy atom. The lowest BCUT2D eigenvalue weighted by molar-refractivity contribution is -0.148. The van der Waals surface area contributed by atoms with Crippen molar-refractivity contribution in [2.24, 2.45) is 46.3 Å². The Labute approximate surface area is 197 Å². The van der Waals surface area contributed by atoms with Gasteiger partial charge in [-0.25, -0.2) is 0 Å². The number of ether oxygens (including phenoxy) is 1. The van der Waals surface area contributed by atoms with Gasteiger partial charge in [0.15, 0.2) is 0 Å². The van der Waals surface area contributed by atoms with Gasteiger partial charge < -0.3 is 4.74 Å². The van der Waals surface area contributed by atoms with Crippen LogP contribution in [0.5, 0.6) is 0 Å². The van der Waals surface area contributed by atoms with Gasteiger partial charge >= 0.3 is 5.97 Å². The highest BCUT2D eigenvalue weighted by molar-refractivity contribution is 5.66. The van der Waals surface area contributed by atoms with Gasteiger partial charge in [-0.1, -0.05) is 57.9 Å². The largest absolute Gasteiger partial charge is 0.462 e. The van der Waals surface area contributed by atoms with Crippen molar-refractivity contribution in [1.82, 2.24) is 0 Å². The number of allylic oxidation sites excluding steroid dienone is 3. The highest BCUT2D eigenvalue weighted by Crippen LogP contribution is 2.67. The van der Waals surface area contributed by atoms with Crippen molar-refractivity contribution in [1.29, 1.82) is 0 Å². The third-order valence-electron chi connectivity index (χ3n) is 10.9. The van der Waals surface area contributed by atoms with Crippen molar-refractivity contribution >= 4 is 5.97 Å². The first-order valence-corrected chi connectivity index (χ1v) is 13.6. The molecule has 32 heavy (non-hydrogen) atoms. The average Bonchev–Trinajstić information content (AvgIpc) is 3.08. The molecule has 2 heteroatoms.